The van der Waals surface area contributed by atoms with Crippen molar-refractivity contribution in [1.29, 1.82) is 0 Å². The molecule has 0 saturated heterocycles. The number of nitrogens with one attached hydrogen (secondary N) is 1. The smallest absolute Gasteiger partial charge is 0.0703 e. The first-order valence-corrected chi connectivity index (χ1v) is 5.74. The van der Waals surface area contributed by atoms with Gasteiger partial charge in [-0.25, -0.2) is 0 Å². The van der Waals surface area contributed by atoms with Crippen LogP contribution < -0.4 is 5.32 Å². The Morgan fingerprint density at radius 3 is 2.53 bits per heavy atom. The summed E-state index contributed by atoms with van der Waals surface area (Å²) in [6.07, 6.45) is 1.31. The molecule has 0 spiro atoms. The Hall–Kier alpha value is -0.160. The summed E-state index contributed by atoms with van der Waals surface area (Å²) >= 11 is 0. The van der Waals surface area contributed by atoms with E-state index in [9.17, 15) is 0 Å². The summed E-state index contributed by atoms with van der Waals surface area (Å²) in [5.41, 5.74) is 0. The van der Waals surface area contributed by atoms with Crippen LogP contribution in [0.4, 0.5) is 0 Å². The average molecular weight is 219 g/mol. The molecule has 92 valence electrons. The third-order valence-electron chi connectivity index (χ3n) is 1.90. The Bertz CT molecular complexity index is 131. The van der Waals surface area contributed by atoms with Crippen LogP contribution in [-0.4, -0.2) is 50.2 Å². The number of rotatable bonds is 10. The predicted octanol–water partition coefficient (Wildman–Crippen LogP) is 0.788. The molecule has 4 nitrogen and oxygen atoms in total. The number of aliphatic hydroxyl groups excluding tert-OH is 1. The van der Waals surface area contributed by atoms with E-state index in [-0.39, 0.29) is 18.8 Å². The highest BCUT2D eigenvalue weighted by Gasteiger charge is 2.05. The van der Waals surface area contributed by atoms with Gasteiger partial charge in [-0.2, -0.15) is 0 Å². The molecule has 0 bridgehead atoms. The van der Waals surface area contributed by atoms with E-state index in [0.717, 1.165) is 13.0 Å². The Balaban J connectivity index is 3.30. The van der Waals surface area contributed by atoms with Crippen LogP contribution in [0.5, 0.6) is 0 Å². The number of hydrogen-bond acceptors (Lipinski definition) is 4. The second-order valence-corrected chi connectivity index (χ2v) is 3.83. The van der Waals surface area contributed by atoms with Gasteiger partial charge in [0.05, 0.1) is 38.6 Å². The molecule has 0 amide bonds. The SMILES string of the molecule is CCCNC(CO)COCCOC(C)C. The zero-order valence-corrected chi connectivity index (χ0v) is 10.2. The lowest BCUT2D eigenvalue weighted by Crippen LogP contribution is -2.37. The van der Waals surface area contributed by atoms with Crippen molar-refractivity contribution in [1.82, 2.24) is 5.32 Å². The lowest BCUT2D eigenvalue weighted by Gasteiger charge is -2.16. The fourth-order valence-electron chi connectivity index (χ4n) is 1.09. The molecule has 15 heavy (non-hydrogen) atoms. The second-order valence-electron chi connectivity index (χ2n) is 3.83. The predicted molar refractivity (Wildman–Crippen MR) is 61.1 cm³/mol. The summed E-state index contributed by atoms with van der Waals surface area (Å²) in [4.78, 5) is 0. The van der Waals surface area contributed by atoms with Crippen molar-refractivity contribution in [3.63, 3.8) is 0 Å². The van der Waals surface area contributed by atoms with Crippen molar-refractivity contribution < 1.29 is 14.6 Å². The van der Waals surface area contributed by atoms with Gasteiger partial charge in [0.15, 0.2) is 0 Å². The van der Waals surface area contributed by atoms with Crippen LogP contribution in [0.15, 0.2) is 0 Å². The molecule has 0 aliphatic rings. The van der Waals surface area contributed by atoms with E-state index in [0.29, 0.717) is 19.8 Å². The van der Waals surface area contributed by atoms with Crippen molar-refractivity contribution in [2.45, 2.75) is 39.3 Å². The lowest BCUT2D eigenvalue weighted by molar-refractivity contribution is 0.00943. The monoisotopic (exact) mass is 219 g/mol. The van der Waals surface area contributed by atoms with Gasteiger partial charge in [0.1, 0.15) is 0 Å². The van der Waals surface area contributed by atoms with E-state index in [1.54, 1.807) is 0 Å². The van der Waals surface area contributed by atoms with Crippen molar-refractivity contribution in [3.05, 3.63) is 0 Å². The maximum atomic E-state index is 9.02. The van der Waals surface area contributed by atoms with Crippen LogP contribution in [0, 0.1) is 0 Å². The highest BCUT2D eigenvalue weighted by molar-refractivity contribution is 4.63. The molecule has 0 heterocycles. The van der Waals surface area contributed by atoms with Crippen LogP contribution in [0.3, 0.4) is 0 Å². The normalized spacial score (nSPS) is 13.4. The van der Waals surface area contributed by atoms with Gasteiger partial charge in [0, 0.05) is 0 Å². The summed E-state index contributed by atoms with van der Waals surface area (Å²) in [5, 5.41) is 12.2. The van der Waals surface area contributed by atoms with E-state index in [2.05, 4.69) is 12.2 Å². The average Bonchev–Trinajstić information content (AvgIpc) is 2.21. The third-order valence-corrected chi connectivity index (χ3v) is 1.90. The van der Waals surface area contributed by atoms with Crippen LogP contribution >= 0.6 is 0 Å². The Morgan fingerprint density at radius 2 is 2.00 bits per heavy atom. The fourth-order valence-corrected chi connectivity index (χ4v) is 1.09. The minimum Gasteiger partial charge on any atom is -0.395 e. The molecule has 0 aromatic carbocycles. The maximum absolute atomic E-state index is 9.02. The summed E-state index contributed by atoms with van der Waals surface area (Å²) in [6.45, 7) is 8.86. The maximum Gasteiger partial charge on any atom is 0.0703 e. The number of hydrogen-bond donors (Lipinski definition) is 2. The minimum atomic E-state index is 0.0454. The quantitative estimate of drug-likeness (QED) is 0.533. The van der Waals surface area contributed by atoms with Gasteiger partial charge in [0.25, 0.3) is 0 Å². The molecule has 0 aromatic heterocycles. The first kappa shape index (κ1) is 14.8. The van der Waals surface area contributed by atoms with E-state index in [1.165, 1.54) is 0 Å². The molecule has 0 radical (unpaired) electrons. The van der Waals surface area contributed by atoms with Gasteiger partial charge < -0.3 is 19.9 Å². The molecule has 0 fully saturated rings. The van der Waals surface area contributed by atoms with Crippen LogP contribution in [0.25, 0.3) is 0 Å². The van der Waals surface area contributed by atoms with Crippen molar-refractivity contribution in [3.8, 4) is 0 Å². The zero-order valence-electron chi connectivity index (χ0n) is 10.2. The van der Waals surface area contributed by atoms with Crippen LogP contribution in [0.1, 0.15) is 27.2 Å². The van der Waals surface area contributed by atoms with Gasteiger partial charge >= 0.3 is 0 Å². The van der Waals surface area contributed by atoms with Gasteiger partial charge in [-0.15, -0.1) is 0 Å². The molecule has 1 unspecified atom stereocenters. The molecule has 0 aliphatic heterocycles. The fraction of sp³-hybridized carbons (Fsp3) is 1.00. The summed E-state index contributed by atoms with van der Waals surface area (Å²) in [6, 6.07) is 0.0454. The molecule has 1 atom stereocenters. The summed E-state index contributed by atoms with van der Waals surface area (Å²) < 4.78 is 10.7. The molecule has 0 aliphatic carbocycles. The minimum absolute atomic E-state index is 0.0454. The Labute approximate surface area is 93.0 Å². The van der Waals surface area contributed by atoms with E-state index in [4.69, 9.17) is 14.6 Å². The second kappa shape index (κ2) is 10.4. The van der Waals surface area contributed by atoms with Crippen molar-refractivity contribution in [2.75, 3.05) is 33.0 Å². The summed E-state index contributed by atoms with van der Waals surface area (Å²) in [5.74, 6) is 0. The first-order chi connectivity index (χ1) is 7.20. The zero-order chi connectivity index (χ0) is 11.5. The van der Waals surface area contributed by atoms with Crippen LogP contribution in [-0.2, 0) is 9.47 Å². The molecule has 0 aromatic rings. The Kier molecular flexibility index (Phi) is 10.3. The highest BCUT2D eigenvalue weighted by atomic mass is 16.5. The largest absolute Gasteiger partial charge is 0.395 e. The first-order valence-electron chi connectivity index (χ1n) is 5.74. The van der Waals surface area contributed by atoms with Crippen LogP contribution in [0.2, 0.25) is 0 Å². The van der Waals surface area contributed by atoms with Gasteiger partial charge in [0.2, 0.25) is 0 Å². The van der Waals surface area contributed by atoms with Crippen molar-refractivity contribution in [2.24, 2.45) is 0 Å². The number of ether oxygens (including phenoxy) is 2. The third kappa shape index (κ3) is 10.1. The molecule has 0 rings (SSSR count). The van der Waals surface area contributed by atoms with Gasteiger partial charge in [-0.05, 0) is 26.8 Å². The van der Waals surface area contributed by atoms with Gasteiger partial charge in [-0.3, -0.25) is 0 Å². The molecule has 4 heteroatoms. The van der Waals surface area contributed by atoms with E-state index < -0.39 is 0 Å². The topological polar surface area (TPSA) is 50.7 Å². The number of aliphatic hydroxyl groups is 1. The lowest BCUT2D eigenvalue weighted by atomic mass is 10.3. The van der Waals surface area contributed by atoms with E-state index >= 15 is 0 Å². The molecule has 0 saturated carbocycles. The van der Waals surface area contributed by atoms with E-state index in [1.807, 2.05) is 13.8 Å². The molecule has 2 N–H and O–H groups in total. The highest BCUT2D eigenvalue weighted by Crippen LogP contribution is 1.90. The standard InChI is InChI=1S/C11H25NO3/c1-4-5-12-11(8-13)9-14-6-7-15-10(2)3/h10-13H,4-9H2,1-3H3. The molecular formula is C11H25NO3. The van der Waals surface area contributed by atoms with Crippen molar-refractivity contribution >= 4 is 0 Å². The van der Waals surface area contributed by atoms with Gasteiger partial charge in [-0.1, -0.05) is 6.92 Å². The summed E-state index contributed by atoms with van der Waals surface area (Å²) in [7, 11) is 0. The Morgan fingerprint density at radius 1 is 1.27 bits per heavy atom. The molecular weight excluding hydrogens is 194 g/mol.